The number of alkyl carbamates (subject to hydrolysis) is 1. The number of oxazole rings is 1. The van der Waals surface area contributed by atoms with Crippen molar-refractivity contribution in [2.75, 3.05) is 31.6 Å². The van der Waals surface area contributed by atoms with Gasteiger partial charge >= 0.3 is 6.09 Å². The number of aliphatic hydroxyl groups is 1. The van der Waals surface area contributed by atoms with Crippen molar-refractivity contribution in [3.05, 3.63) is 30.1 Å². The van der Waals surface area contributed by atoms with Gasteiger partial charge in [0.2, 0.25) is 0 Å². The van der Waals surface area contributed by atoms with E-state index >= 15 is 0 Å². The van der Waals surface area contributed by atoms with E-state index in [0.29, 0.717) is 42.2 Å². The van der Waals surface area contributed by atoms with Gasteiger partial charge < -0.3 is 29.6 Å². The number of anilines is 1. The Bertz CT molecular complexity index is 813. The Balaban J connectivity index is 1.88. The second kappa shape index (κ2) is 9.93. The lowest BCUT2D eigenvalue weighted by Crippen LogP contribution is -2.34. The molecule has 1 aromatic carbocycles. The first-order valence-electron chi connectivity index (χ1n) is 8.94. The van der Waals surface area contributed by atoms with Crippen LogP contribution in [0.1, 0.15) is 27.2 Å². The summed E-state index contributed by atoms with van der Waals surface area (Å²) < 4.78 is 29.3. The first-order valence-corrected chi connectivity index (χ1v) is 8.94. The molecule has 3 N–H and O–H groups in total. The Morgan fingerprint density at radius 2 is 2.18 bits per heavy atom. The molecule has 0 saturated heterocycles. The minimum absolute atomic E-state index is 0.0328. The third-order valence-corrected chi connectivity index (χ3v) is 3.41. The van der Waals surface area contributed by atoms with Crippen molar-refractivity contribution in [1.29, 1.82) is 0 Å². The molecule has 0 spiro atoms. The molecule has 0 radical (unpaired) electrons. The highest BCUT2D eigenvalue weighted by atomic mass is 19.1. The molecule has 2 aromatic rings. The zero-order valence-electron chi connectivity index (χ0n) is 16.3. The van der Waals surface area contributed by atoms with Gasteiger partial charge in [0.25, 0.3) is 6.01 Å². The largest absolute Gasteiger partial charge is 0.489 e. The average molecular weight is 395 g/mol. The topological polar surface area (TPSA) is 106 Å². The molecule has 2 rings (SSSR count). The highest BCUT2D eigenvalue weighted by Crippen LogP contribution is 2.24. The van der Waals surface area contributed by atoms with E-state index in [2.05, 4.69) is 15.6 Å². The molecule has 154 valence electrons. The molecule has 1 heterocycles. The molecule has 0 aliphatic heterocycles. The Hall–Kier alpha value is -2.81. The first kappa shape index (κ1) is 21.5. The fourth-order valence-electron chi connectivity index (χ4n) is 2.14. The highest BCUT2D eigenvalue weighted by molar-refractivity contribution is 5.76. The third-order valence-electron chi connectivity index (χ3n) is 3.41. The van der Waals surface area contributed by atoms with Crippen molar-refractivity contribution in [2.24, 2.45) is 0 Å². The van der Waals surface area contributed by atoms with Crippen molar-refractivity contribution in [2.45, 2.75) is 32.8 Å². The minimum Gasteiger partial charge on any atom is -0.489 e. The van der Waals surface area contributed by atoms with E-state index in [4.69, 9.17) is 19.0 Å². The number of nitrogens with zero attached hydrogens (tertiary/aromatic N) is 1. The molecule has 0 saturated carbocycles. The predicted molar refractivity (Wildman–Crippen MR) is 103 cm³/mol. The number of nitrogens with one attached hydrogen (secondary N) is 2. The molecule has 0 atom stereocenters. The van der Waals surface area contributed by atoms with E-state index in [1.54, 1.807) is 39.0 Å². The smallest absolute Gasteiger partial charge is 0.407 e. The van der Waals surface area contributed by atoms with Crippen molar-refractivity contribution in [3.63, 3.8) is 0 Å². The van der Waals surface area contributed by atoms with Gasteiger partial charge in [-0.05, 0) is 39.3 Å². The average Bonchev–Trinajstić information content (AvgIpc) is 3.02. The molecule has 0 aliphatic carbocycles. The molecular weight excluding hydrogens is 369 g/mol. The number of hydrogen-bond acceptors (Lipinski definition) is 7. The molecule has 0 aliphatic rings. The summed E-state index contributed by atoms with van der Waals surface area (Å²) in [5.74, 6) is 0.474. The van der Waals surface area contributed by atoms with Crippen LogP contribution >= 0.6 is 0 Å². The molecular formula is C19H26FN3O5. The fourth-order valence-corrected chi connectivity index (χ4v) is 2.14. The van der Waals surface area contributed by atoms with Crippen molar-refractivity contribution in [3.8, 4) is 5.75 Å². The number of fused-ring (bicyclic) bond motifs is 1. The molecule has 0 fully saturated rings. The van der Waals surface area contributed by atoms with E-state index < -0.39 is 11.7 Å². The molecule has 28 heavy (non-hydrogen) atoms. The van der Waals surface area contributed by atoms with Gasteiger partial charge in [0.1, 0.15) is 23.5 Å². The van der Waals surface area contributed by atoms with Gasteiger partial charge in [0.15, 0.2) is 5.58 Å². The number of aliphatic hydroxyl groups excluding tert-OH is 1. The number of carbonyl (C=O) groups is 1. The van der Waals surface area contributed by atoms with Crippen LogP contribution in [0.2, 0.25) is 0 Å². The van der Waals surface area contributed by atoms with Crippen molar-refractivity contribution >= 4 is 23.2 Å². The van der Waals surface area contributed by atoms with Gasteiger partial charge in [-0.25, -0.2) is 9.18 Å². The predicted octanol–water partition coefficient (Wildman–Crippen LogP) is 3.38. The normalized spacial score (nSPS) is 12.1. The summed E-state index contributed by atoms with van der Waals surface area (Å²) in [5, 5.41) is 14.2. The summed E-state index contributed by atoms with van der Waals surface area (Å²) in [6, 6.07) is 5.42. The summed E-state index contributed by atoms with van der Waals surface area (Å²) in [6.45, 7) is 5.78. The maximum atomic E-state index is 13.1. The SMILES string of the molecule is CC(C)(C)OC(=O)NC/C(=C\F)COc1ccc2nc(NCCCO)oc2c1. The van der Waals surface area contributed by atoms with E-state index in [-0.39, 0.29) is 25.3 Å². The van der Waals surface area contributed by atoms with Crippen LogP contribution in [-0.2, 0) is 4.74 Å². The number of aromatic nitrogens is 1. The second-order valence-corrected chi connectivity index (χ2v) is 7.06. The van der Waals surface area contributed by atoms with Crippen LogP contribution in [0.3, 0.4) is 0 Å². The van der Waals surface area contributed by atoms with Crippen LogP contribution in [0.4, 0.5) is 15.2 Å². The van der Waals surface area contributed by atoms with Gasteiger partial charge in [-0.3, -0.25) is 0 Å². The van der Waals surface area contributed by atoms with Crippen molar-refractivity contribution < 1.29 is 28.2 Å². The highest BCUT2D eigenvalue weighted by Gasteiger charge is 2.16. The number of benzene rings is 1. The van der Waals surface area contributed by atoms with Crippen LogP contribution in [0.25, 0.3) is 11.1 Å². The van der Waals surface area contributed by atoms with E-state index in [1.165, 1.54) is 0 Å². The summed E-state index contributed by atoms with van der Waals surface area (Å²) >= 11 is 0. The van der Waals surface area contributed by atoms with Gasteiger partial charge in [-0.2, -0.15) is 4.98 Å². The Kier molecular flexibility index (Phi) is 7.62. The molecule has 1 aromatic heterocycles. The van der Waals surface area contributed by atoms with E-state index in [1.807, 2.05) is 0 Å². The number of amides is 1. The Morgan fingerprint density at radius 3 is 2.86 bits per heavy atom. The van der Waals surface area contributed by atoms with Crippen LogP contribution in [-0.4, -0.2) is 48.1 Å². The number of hydrogen-bond donors (Lipinski definition) is 3. The quantitative estimate of drug-likeness (QED) is 0.559. The number of carbonyl (C=O) groups excluding carboxylic acids is 1. The lowest BCUT2D eigenvalue weighted by atomic mass is 10.2. The monoisotopic (exact) mass is 395 g/mol. The maximum Gasteiger partial charge on any atom is 0.407 e. The van der Waals surface area contributed by atoms with Gasteiger partial charge in [0.05, 0.1) is 6.33 Å². The first-order chi connectivity index (χ1) is 13.3. The van der Waals surface area contributed by atoms with Crippen LogP contribution in [0.5, 0.6) is 5.75 Å². The van der Waals surface area contributed by atoms with Gasteiger partial charge in [0, 0.05) is 31.3 Å². The minimum atomic E-state index is -0.629. The van der Waals surface area contributed by atoms with Crippen molar-refractivity contribution in [1.82, 2.24) is 10.3 Å². The van der Waals surface area contributed by atoms with E-state index in [0.717, 1.165) is 0 Å². The summed E-state index contributed by atoms with van der Waals surface area (Å²) in [6.07, 6.45) is 0.354. The zero-order chi connectivity index (χ0) is 20.6. The lowest BCUT2D eigenvalue weighted by Gasteiger charge is -2.20. The summed E-state index contributed by atoms with van der Waals surface area (Å²) in [5.41, 5.74) is 0.779. The Morgan fingerprint density at radius 1 is 1.39 bits per heavy atom. The Labute approximate surface area is 162 Å². The molecule has 1 amide bonds. The second-order valence-electron chi connectivity index (χ2n) is 7.06. The number of halogens is 1. The molecule has 0 unspecified atom stereocenters. The standard InChI is InChI=1S/C19H26FN3O5/c1-19(2,3)28-18(25)22-11-13(10-20)12-26-14-5-6-15-16(9-14)27-17(23-15)21-7-4-8-24/h5-6,9-10,24H,4,7-8,11-12H2,1-3H3,(H,21,23)(H,22,25)/b13-10+. The molecule has 8 nitrogen and oxygen atoms in total. The van der Waals surface area contributed by atoms with Crippen LogP contribution < -0.4 is 15.4 Å². The third kappa shape index (κ3) is 7.07. The van der Waals surface area contributed by atoms with Crippen LogP contribution in [0, 0.1) is 0 Å². The van der Waals surface area contributed by atoms with Gasteiger partial charge in [-0.15, -0.1) is 0 Å². The number of ether oxygens (including phenoxy) is 2. The maximum absolute atomic E-state index is 13.1. The summed E-state index contributed by atoms with van der Waals surface area (Å²) in [4.78, 5) is 15.9. The fraction of sp³-hybridized carbons (Fsp3) is 0.474. The summed E-state index contributed by atoms with van der Waals surface area (Å²) in [7, 11) is 0. The molecule has 0 bridgehead atoms. The van der Waals surface area contributed by atoms with E-state index in [9.17, 15) is 9.18 Å². The van der Waals surface area contributed by atoms with Gasteiger partial charge in [-0.1, -0.05) is 0 Å². The lowest BCUT2D eigenvalue weighted by molar-refractivity contribution is 0.0531. The number of rotatable bonds is 9. The molecule has 9 heteroatoms. The van der Waals surface area contributed by atoms with Crippen LogP contribution in [0.15, 0.2) is 34.5 Å². The zero-order valence-corrected chi connectivity index (χ0v) is 16.3.